The second-order valence-corrected chi connectivity index (χ2v) is 4.96. The summed E-state index contributed by atoms with van der Waals surface area (Å²) in [6.45, 7) is 0.0999. The van der Waals surface area contributed by atoms with Gasteiger partial charge in [0, 0.05) is 0 Å². The number of tetrazole rings is 1. The topological polar surface area (TPSA) is 119 Å². The highest BCUT2D eigenvalue weighted by Gasteiger charge is 2.14. The van der Waals surface area contributed by atoms with Crippen molar-refractivity contribution in [1.82, 2.24) is 20.2 Å². The molecule has 0 bridgehead atoms. The van der Waals surface area contributed by atoms with Crippen molar-refractivity contribution in [2.24, 2.45) is 0 Å². The van der Waals surface area contributed by atoms with Crippen LogP contribution in [0.25, 0.3) is 5.69 Å². The Morgan fingerprint density at radius 2 is 1.92 bits per heavy atom. The van der Waals surface area contributed by atoms with E-state index in [0.29, 0.717) is 5.69 Å². The first-order chi connectivity index (χ1) is 12.1. The first-order valence-corrected chi connectivity index (χ1v) is 7.23. The van der Waals surface area contributed by atoms with Crippen LogP contribution in [0.3, 0.4) is 0 Å². The number of carbonyl (C=O) groups is 2. The van der Waals surface area contributed by atoms with Gasteiger partial charge in [0.1, 0.15) is 6.61 Å². The van der Waals surface area contributed by atoms with Crippen LogP contribution in [0.2, 0.25) is 0 Å². The number of nitrogens with one attached hydrogen (secondary N) is 1. The van der Waals surface area contributed by atoms with E-state index in [2.05, 4.69) is 20.8 Å². The third kappa shape index (κ3) is 3.96. The molecule has 1 heterocycles. The number of aromatic nitrogens is 4. The van der Waals surface area contributed by atoms with Gasteiger partial charge in [-0.1, -0.05) is 41.5 Å². The molecule has 25 heavy (non-hydrogen) atoms. The van der Waals surface area contributed by atoms with Crippen LogP contribution >= 0.6 is 0 Å². The lowest BCUT2D eigenvalue weighted by Crippen LogP contribution is -2.17. The Balaban J connectivity index is 1.70. The number of nitrogens with zero attached hydrogens (tertiary/aromatic N) is 4. The molecule has 2 N–H and O–H groups in total. The summed E-state index contributed by atoms with van der Waals surface area (Å²) < 4.78 is 6.31. The molecule has 0 saturated heterocycles. The molecular formula is C16H13N5O4. The standard InChI is InChI=1S/C16H13N5O4/c22-14(23)12-7-4-8-13(9-12)21-15(18-19-20-21)17-16(24)25-10-11-5-2-1-3-6-11/h1-9H,10H2,(H,22,23)(H,17,18,20,24). The van der Waals surface area contributed by atoms with Gasteiger partial charge in [-0.3, -0.25) is 5.32 Å². The number of hydrogen-bond acceptors (Lipinski definition) is 6. The maximum atomic E-state index is 11.9. The Bertz CT molecular complexity index is 894. The number of carboxylic acids is 1. The zero-order valence-electron chi connectivity index (χ0n) is 12.9. The normalized spacial score (nSPS) is 10.2. The van der Waals surface area contributed by atoms with Crippen molar-refractivity contribution in [3.05, 3.63) is 65.7 Å². The molecule has 0 atom stereocenters. The van der Waals surface area contributed by atoms with Crippen molar-refractivity contribution in [3.8, 4) is 5.69 Å². The molecule has 0 spiro atoms. The van der Waals surface area contributed by atoms with Crippen molar-refractivity contribution in [3.63, 3.8) is 0 Å². The number of ether oxygens (including phenoxy) is 1. The van der Waals surface area contributed by atoms with Crippen LogP contribution in [0.15, 0.2) is 54.6 Å². The molecule has 0 aliphatic carbocycles. The molecule has 126 valence electrons. The van der Waals surface area contributed by atoms with E-state index in [-0.39, 0.29) is 18.1 Å². The summed E-state index contributed by atoms with van der Waals surface area (Å²) in [5.41, 5.74) is 1.31. The van der Waals surface area contributed by atoms with E-state index >= 15 is 0 Å². The van der Waals surface area contributed by atoms with Gasteiger partial charge in [-0.05, 0) is 34.2 Å². The zero-order chi connectivity index (χ0) is 17.6. The second-order valence-electron chi connectivity index (χ2n) is 4.96. The van der Waals surface area contributed by atoms with E-state index in [0.717, 1.165) is 5.56 Å². The van der Waals surface area contributed by atoms with Gasteiger partial charge >= 0.3 is 12.1 Å². The lowest BCUT2D eigenvalue weighted by molar-refractivity contribution is 0.0696. The fourth-order valence-corrected chi connectivity index (χ4v) is 2.06. The van der Waals surface area contributed by atoms with Gasteiger partial charge in [0.05, 0.1) is 11.3 Å². The number of amides is 1. The summed E-state index contributed by atoms with van der Waals surface area (Å²) in [7, 11) is 0. The number of carbonyl (C=O) groups excluding carboxylic acids is 1. The monoisotopic (exact) mass is 339 g/mol. The van der Waals surface area contributed by atoms with E-state index < -0.39 is 12.1 Å². The van der Waals surface area contributed by atoms with Crippen molar-refractivity contribution < 1.29 is 19.4 Å². The molecule has 0 fully saturated rings. The minimum Gasteiger partial charge on any atom is -0.478 e. The highest BCUT2D eigenvalue weighted by atomic mass is 16.5. The lowest BCUT2D eigenvalue weighted by atomic mass is 10.2. The fraction of sp³-hybridized carbons (Fsp3) is 0.0625. The first-order valence-electron chi connectivity index (χ1n) is 7.23. The first kappa shape index (κ1) is 16.1. The smallest absolute Gasteiger partial charge is 0.414 e. The number of carboxylic acid groups (broad SMARTS) is 1. The van der Waals surface area contributed by atoms with Crippen LogP contribution in [-0.4, -0.2) is 37.4 Å². The lowest BCUT2D eigenvalue weighted by Gasteiger charge is -2.08. The Morgan fingerprint density at radius 1 is 1.12 bits per heavy atom. The Labute approximate surface area is 141 Å². The minimum atomic E-state index is -1.08. The van der Waals surface area contributed by atoms with Crippen LogP contribution in [0, 0.1) is 0 Å². The van der Waals surface area contributed by atoms with Gasteiger partial charge in [-0.2, -0.15) is 4.68 Å². The number of rotatable bonds is 5. The van der Waals surface area contributed by atoms with Gasteiger partial charge in [0.2, 0.25) is 0 Å². The highest BCUT2D eigenvalue weighted by molar-refractivity contribution is 5.88. The summed E-state index contributed by atoms with van der Waals surface area (Å²) in [4.78, 5) is 23.0. The second kappa shape index (κ2) is 7.21. The number of anilines is 1. The van der Waals surface area contributed by atoms with E-state index in [1.807, 2.05) is 30.3 Å². The summed E-state index contributed by atoms with van der Waals surface area (Å²) in [5.74, 6) is -1.06. The van der Waals surface area contributed by atoms with Gasteiger partial charge in [0.25, 0.3) is 5.95 Å². The molecule has 1 amide bonds. The van der Waals surface area contributed by atoms with E-state index in [1.165, 1.54) is 16.8 Å². The largest absolute Gasteiger partial charge is 0.478 e. The van der Waals surface area contributed by atoms with Crippen molar-refractivity contribution in [2.45, 2.75) is 6.61 Å². The third-order valence-electron chi connectivity index (χ3n) is 3.23. The molecule has 2 aromatic carbocycles. The van der Waals surface area contributed by atoms with E-state index in [4.69, 9.17) is 9.84 Å². The summed E-state index contributed by atoms with van der Waals surface area (Å²) in [6.07, 6.45) is -0.728. The van der Waals surface area contributed by atoms with Gasteiger partial charge in [-0.15, -0.1) is 0 Å². The SMILES string of the molecule is O=C(Nc1nnnn1-c1cccc(C(=O)O)c1)OCc1ccccc1. The Morgan fingerprint density at radius 3 is 2.68 bits per heavy atom. The number of aromatic carboxylic acids is 1. The number of benzene rings is 2. The molecule has 0 radical (unpaired) electrons. The molecule has 0 aliphatic rings. The van der Waals surface area contributed by atoms with Crippen molar-refractivity contribution in [2.75, 3.05) is 5.32 Å². The molecule has 1 aromatic heterocycles. The zero-order valence-corrected chi connectivity index (χ0v) is 12.9. The molecular weight excluding hydrogens is 326 g/mol. The van der Waals surface area contributed by atoms with Crippen LogP contribution < -0.4 is 5.32 Å². The van der Waals surface area contributed by atoms with Crippen LogP contribution in [0.1, 0.15) is 15.9 Å². The van der Waals surface area contributed by atoms with Gasteiger partial charge < -0.3 is 9.84 Å². The van der Waals surface area contributed by atoms with Crippen molar-refractivity contribution in [1.29, 1.82) is 0 Å². The van der Waals surface area contributed by atoms with E-state index in [9.17, 15) is 9.59 Å². The average Bonchev–Trinajstić information content (AvgIpc) is 3.09. The van der Waals surface area contributed by atoms with Crippen LogP contribution in [0.5, 0.6) is 0 Å². The molecule has 0 saturated carbocycles. The van der Waals surface area contributed by atoms with E-state index in [1.54, 1.807) is 12.1 Å². The van der Waals surface area contributed by atoms with Crippen LogP contribution in [0.4, 0.5) is 10.7 Å². The maximum absolute atomic E-state index is 11.9. The molecule has 3 rings (SSSR count). The quantitative estimate of drug-likeness (QED) is 0.730. The predicted molar refractivity (Wildman–Crippen MR) is 86.4 cm³/mol. The maximum Gasteiger partial charge on any atom is 0.414 e. The molecule has 9 nitrogen and oxygen atoms in total. The molecule has 0 aliphatic heterocycles. The third-order valence-corrected chi connectivity index (χ3v) is 3.23. The minimum absolute atomic E-state index is 0.0144. The summed E-state index contributed by atoms with van der Waals surface area (Å²) in [5, 5.41) is 22.4. The molecule has 9 heteroatoms. The average molecular weight is 339 g/mol. The highest BCUT2D eigenvalue weighted by Crippen LogP contribution is 2.14. The Kier molecular flexibility index (Phi) is 4.65. The molecule has 3 aromatic rings. The van der Waals surface area contributed by atoms with Crippen LogP contribution in [-0.2, 0) is 11.3 Å². The summed E-state index contributed by atoms with van der Waals surface area (Å²) in [6, 6.07) is 15.2. The fourth-order valence-electron chi connectivity index (χ4n) is 2.06. The van der Waals surface area contributed by atoms with Gasteiger partial charge in [0.15, 0.2) is 0 Å². The summed E-state index contributed by atoms with van der Waals surface area (Å²) >= 11 is 0. The number of hydrogen-bond donors (Lipinski definition) is 2. The predicted octanol–water partition coefficient (Wildman–Crippen LogP) is 2.11. The molecule has 0 unspecified atom stereocenters. The van der Waals surface area contributed by atoms with Gasteiger partial charge in [-0.25, -0.2) is 9.59 Å². The Hall–Kier alpha value is -3.75. The van der Waals surface area contributed by atoms with Crippen molar-refractivity contribution >= 4 is 18.0 Å².